The molecule has 0 bridgehead atoms. The van der Waals surface area contributed by atoms with Gasteiger partial charge in [0.1, 0.15) is 35.3 Å². The van der Waals surface area contributed by atoms with Crippen LogP contribution in [0.1, 0.15) is 64.2 Å². The Labute approximate surface area is 211 Å². The number of hydrogen-bond acceptors (Lipinski definition) is 7. The predicted molar refractivity (Wildman–Crippen MR) is 136 cm³/mol. The van der Waals surface area contributed by atoms with Crippen LogP contribution < -0.4 is 14.8 Å². The Hall–Kier alpha value is -3.58. The highest BCUT2D eigenvalue weighted by Crippen LogP contribution is 2.24. The second kappa shape index (κ2) is 11.4. The Morgan fingerprint density at radius 1 is 0.750 bits per heavy atom. The number of Topliss-reactive ketones (excluding diaryl/α,β-unsaturated/α-hetero) is 2. The van der Waals surface area contributed by atoms with E-state index in [-0.39, 0.29) is 41.9 Å². The summed E-state index contributed by atoms with van der Waals surface area (Å²) in [6.45, 7) is 1.83. The van der Waals surface area contributed by atoms with Gasteiger partial charge in [-0.3, -0.25) is 9.59 Å². The Morgan fingerprint density at radius 2 is 1.28 bits per heavy atom. The van der Waals surface area contributed by atoms with E-state index < -0.39 is 0 Å². The summed E-state index contributed by atoms with van der Waals surface area (Å²) in [5.74, 6) is 1.32. The van der Waals surface area contributed by atoms with Crippen LogP contribution in [0.2, 0.25) is 0 Å². The number of rotatable bonds is 10. The van der Waals surface area contributed by atoms with Crippen molar-refractivity contribution in [2.24, 2.45) is 0 Å². The molecule has 186 valence electrons. The molecular weight excluding hydrogens is 454 g/mol. The molecule has 5 rings (SSSR count). The van der Waals surface area contributed by atoms with Crippen LogP contribution in [0.3, 0.4) is 0 Å². The van der Waals surface area contributed by atoms with Crippen molar-refractivity contribution in [2.45, 2.75) is 57.2 Å². The fourth-order valence-electron chi connectivity index (χ4n) is 4.71. The number of ketones is 2. The maximum absolute atomic E-state index is 12.8. The lowest BCUT2D eigenvalue weighted by Crippen LogP contribution is -2.19. The molecule has 2 heterocycles. The SMILES string of the molecule is O=C(Cc1ccc(OC2CCCC2)cc1)c1cc(C(=O)Cc2ccc(O[C@@H]3CCNC3)cc2)ncn1. The summed E-state index contributed by atoms with van der Waals surface area (Å²) < 4.78 is 11.9. The number of ether oxygens (including phenoxy) is 2. The molecular formula is C29H31N3O4. The first-order valence-electron chi connectivity index (χ1n) is 12.7. The van der Waals surface area contributed by atoms with Crippen molar-refractivity contribution in [2.75, 3.05) is 13.1 Å². The van der Waals surface area contributed by atoms with Gasteiger partial charge in [-0.25, -0.2) is 9.97 Å². The van der Waals surface area contributed by atoms with Gasteiger partial charge in [-0.1, -0.05) is 24.3 Å². The standard InChI is InChI=1S/C29H31N3O4/c33-28(15-20-5-9-23(10-6-20)35-22-3-1-2-4-22)26-17-27(32-19-31-26)29(34)16-21-7-11-24(12-8-21)36-25-13-14-30-18-25/h5-12,17,19,22,25,30H,1-4,13-16,18H2/t25-/m1/s1. The Morgan fingerprint density at radius 3 is 1.78 bits per heavy atom. The summed E-state index contributed by atoms with van der Waals surface area (Å²) >= 11 is 0. The monoisotopic (exact) mass is 485 g/mol. The van der Waals surface area contributed by atoms with Crippen molar-refractivity contribution in [1.82, 2.24) is 15.3 Å². The molecule has 0 amide bonds. The Kier molecular flexibility index (Phi) is 7.67. The highest BCUT2D eigenvalue weighted by molar-refractivity contribution is 6.00. The smallest absolute Gasteiger partial charge is 0.185 e. The van der Waals surface area contributed by atoms with E-state index in [1.54, 1.807) is 0 Å². The first-order chi connectivity index (χ1) is 17.6. The zero-order chi connectivity index (χ0) is 24.7. The molecule has 0 unspecified atom stereocenters. The van der Waals surface area contributed by atoms with Crippen LogP contribution in [0.25, 0.3) is 0 Å². The van der Waals surface area contributed by atoms with Gasteiger partial charge in [0.25, 0.3) is 0 Å². The molecule has 2 aliphatic rings. The Bertz CT molecular complexity index is 1090. The summed E-state index contributed by atoms with van der Waals surface area (Å²) in [7, 11) is 0. The van der Waals surface area contributed by atoms with Gasteiger partial charge in [0.15, 0.2) is 11.6 Å². The molecule has 2 aromatic carbocycles. The number of nitrogens with one attached hydrogen (secondary N) is 1. The van der Waals surface area contributed by atoms with Crippen LogP contribution in [-0.2, 0) is 12.8 Å². The number of carbonyl (C=O) groups excluding carboxylic acids is 2. The van der Waals surface area contributed by atoms with Gasteiger partial charge in [-0.15, -0.1) is 0 Å². The zero-order valence-corrected chi connectivity index (χ0v) is 20.3. The van der Waals surface area contributed by atoms with Gasteiger partial charge in [0.2, 0.25) is 0 Å². The minimum Gasteiger partial charge on any atom is -0.490 e. The molecule has 1 atom stereocenters. The molecule has 3 aromatic rings. The number of carbonyl (C=O) groups is 2. The summed E-state index contributed by atoms with van der Waals surface area (Å²) in [5.41, 5.74) is 2.23. The van der Waals surface area contributed by atoms with E-state index in [4.69, 9.17) is 9.47 Å². The fourth-order valence-corrected chi connectivity index (χ4v) is 4.71. The third kappa shape index (κ3) is 6.34. The second-order valence-corrected chi connectivity index (χ2v) is 9.53. The molecule has 1 N–H and O–H groups in total. The first kappa shape index (κ1) is 24.1. The van der Waals surface area contributed by atoms with Crippen LogP contribution in [0.15, 0.2) is 60.9 Å². The largest absolute Gasteiger partial charge is 0.490 e. The topological polar surface area (TPSA) is 90.4 Å². The maximum atomic E-state index is 12.8. The minimum absolute atomic E-state index is 0.154. The summed E-state index contributed by atoms with van der Waals surface area (Å²) in [6, 6.07) is 16.7. The van der Waals surface area contributed by atoms with Crippen LogP contribution >= 0.6 is 0 Å². The molecule has 0 radical (unpaired) electrons. The maximum Gasteiger partial charge on any atom is 0.185 e. The highest BCUT2D eigenvalue weighted by atomic mass is 16.5. The molecule has 1 aliphatic heterocycles. The fraction of sp³-hybridized carbons (Fsp3) is 0.379. The van der Waals surface area contributed by atoms with Crippen LogP contribution in [0.5, 0.6) is 11.5 Å². The van der Waals surface area contributed by atoms with Crippen molar-refractivity contribution in [3.05, 3.63) is 83.4 Å². The quantitative estimate of drug-likeness (QED) is 0.426. The molecule has 2 fully saturated rings. The number of aromatic nitrogens is 2. The highest BCUT2D eigenvalue weighted by Gasteiger charge is 2.18. The van der Waals surface area contributed by atoms with Crippen molar-refractivity contribution >= 4 is 11.6 Å². The van der Waals surface area contributed by atoms with Gasteiger partial charge < -0.3 is 14.8 Å². The molecule has 1 aromatic heterocycles. The zero-order valence-electron chi connectivity index (χ0n) is 20.3. The molecule has 7 nitrogen and oxygen atoms in total. The number of nitrogens with zero attached hydrogens (tertiary/aromatic N) is 2. The number of benzene rings is 2. The third-order valence-corrected chi connectivity index (χ3v) is 6.74. The summed E-state index contributed by atoms with van der Waals surface area (Å²) in [6.07, 6.45) is 7.82. The van der Waals surface area contributed by atoms with E-state index in [0.717, 1.165) is 55.0 Å². The minimum atomic E-state index is -0.159. The Balaban J connectivity index is 1.16. The third-order valence-electron chi connectivity index (χ3n) is 6.74. The van der Waals surface area contributed by atoms with Gasteiger partial charge in [-0.05, 0) is 80.1 Å². The van der Waals surface area contributed by atoms with E-state index in [1.807, 2.05) is 48.5 Å². The molecule has 1 saturated heterocycles. The number of hydrogen-bond donors (Lipinski definition) is 1. The predicted octanol–water partition coefficient (Wildman–Crippen LogP) is 4.39. The van der Waals surface area contributed by atoms with Crippen molar-refractivity contribution in [3.63, 3.8) is 0 Å². The second-order valence-electron chi connectivity index (χ2n) is 9.53. The first-order valence-corrected chi connectivity index (χ1v) is 12.7. The van der Waals surface area contributed by atoms with Crippen LogP contribution in [-0.4, -0.2) is 46.8 Å². The van der Waals surface area contributed by atoms with Gasteiger partial charge in [0, 0.05) is 19.4 Å². The lowest BCUT2D eigenvalue weighted by atomic mass is 10.0. The van der Waals surface area contributed by atoms with E-state index in [2.05, 4.69) is 15.3 Å². The molecule has 7 heteroatoms. The summed E-state index contributed by atoms with van der Waals surface area (Å²) in [5, 5.41) is 3.28. The van der Waals surface area contributed by atoms with Crippen molar-refractivity contribution in [1.29, 1.82) is 0 Å². The lowest BCUT2D eigenvalue weighted by molar-refractivity contribution is 0.0987. The van der Waals surface area contributed by atoms with E-state index in [0.29, 0.717) is 6.10 Å². The normalized spacial score (nSPS) is 17.7. The lowest BCUT2D eigenvalue weighted by Gasteiger charge is -2.13. The van der Waals surface area contributed by atoms with Crippen LogP contribution in [0.4, 0.5) is 0 Å². The van der Waals surface area contributed by atoms with E-state index >= 15 is 0 Å². The molecule has 1 saturated carbocycles. The van der Waals surface area contributed by atoms with Gasteiger partial charge in [-0.2, -0.15) is 0 Å². The average Bonchev–Trinajstić information content (AvgIpc) is 3.61. The van der Waals surface area contributed by atoms with Crippen molar-refractivity contribution < 1.29 is 19.1 Å². The van der Waals surface area contributed by atoms with Gasteiger partial charge >= 0.3 is 0 Å². The van der Waals surface area contributed by atoms with Gasteiger partial charge in [0.05, 0.1) is 6.10 Å². The van der Waals surface area contributed by atoms with Crippen molar-refractivity contribution in [3.8, 4) is 11.5 Å². The average molecular weight is 486 g/mol. The molecule has 36 heavy (non-hydrogen) atoms. The van der Waals surface area contributed by atoms with Crippen LogP contribution in [0, 0.1) is 0 Å². The molecule has 0 spiro atoms. The molecule has 1 aliphatic carbocycles. The van der Waals surface area contributed by atoms with E-state index in [1.165, 1.54) is 25.2 Å². The van der Waals surface area contributed by atoms with E-state index in [9.17, 15) is 9.59 Å². The summed E-state index contributed by atoms with van der Waals surface area (Å²) in [4.78, 5) is 33.9.